The maximum Gasteiger partial charge on any atom is 0.273 e. The van der Waals surface area contributed by atoms with E-state index < -0.39 is 0 Å². The van der Waals surface area contributed by atoms with Gasteiger partial charge in [-0.15, -0.1) is 0 Å². The van der Waals surface area contributed by atoms with Gasteiger partial charge in [-0.1, -0.05) is 0 Å². The minimum Gasteiger partial charge on any atom is -0.384 e. The predicted molar refractivity (Wildman–Crippen MR) is 63.5 cm³/mol. The second-order valence-corrected chi connectivity index (χ2v) is 3.62. The quantitative estimate of drug-likeness (QED) is 0.639. The molecule has 0 fully saturated rings. The second kappa shape index (κ2) is 3.44. The molecule has 0 aliphatic rings. The average molecular weight is 227 g/mol. The fourth-order valence-electron chi connectivity index (χ4n) is 1.68. The summed E-state index contributed by atoms with van der Waals surface area (Å²) in [6, 6.07) is 6.67. The summed E-state index contributed by atoms with van der Waals surface area (Å²) in [4.78, 5) is 20.1. The molecule has 0 atom stereocenters. The summed E-state index contributed by atoms with van der Waals surface area (Å²) >= 11 is 0. The van der Waals surface area contributed by atoms with Crippen molar-refractivity contribution < 1.29 is 0 Å². The predicted octanol–water partition coefficient (Wildman–Crippen LogP) is 0.667. The molecular formula is C11H9N5O. The topological polar surface area (TPSA) is 89.1 Å². The Morgan fingerprint density at radius 1 is 1.24 bits per heavy atom. The van der Waals surface area contributed by atoms with Crippen LogP contribution in [0.3, 0.4) is 0 Å². The van der Waals surface area contributed by atoms with Gasteiger partial charge in [0, 0.05) is 30.1 Å². The number of nitrogen functional groups attached to an aromatic ring is 1. The normalized spacial score (nSPS) is 10.8. The second-order valence-electron chi connectivity index (χ2n) is 3.62. The van der Waals surface area contributed by atoms with E-state index in [0.29, 0.717) is 17.2 Å². The van der Waals surface area contributed by atoms with Crippen molar-refractivity contribution in [3.63, 3.8) is 0 Å². The Bertz CT molecular complexity index is 728. The lowest BCUT2D eigenvalue weighted by atomic mass is 10.2. The highest BCUT2D eigenvalue weighted by atomic mass is 16.1. The molecule has 6 nitrogen and oxygen atoms in total. The van der Waals surface area contributed by atoms with Crippen LogP contribution in [0.1, 0.15) is 0 Å². The summed E-state index contributed by atoms with van der Waals surface area (Å²) in [5.74, 6) is 0.404. The molecule has 0 saturated carbocycles. The van der Waals surface area contributed by atoms with Gasteiger partial charge in [-0.3, -0.25) is 14.9 Å². The molecule has 3 heterocycles. The van der Waals surface area contributed by atoms with Crippen LogP contribution in [0.25, 0.3) is 16.9 Å². The maximum absolute atomic E-state index is 11.8. The van der Waals surface area contributed by atoms with Gasteiger partial charge in [0.1, 0.15) is 5.82 Å². The third-order valence-electron chi connectivity index (χ3n) is 2.45. The van der Waals surface area contributed by atoms with Crippen LogP contribution in [0.4, 0.5) is 5.82 Å². The van der Waals surface area contributed by atoms with Crippen molar-refractivity contribution in [3.05, 3.63) is 47.0 Å². The SMILES string of the molecule is Nc1cc2nc(-c3ccncc3)cc(=O)n2[nH]1. The molecule has 0 radical (unpaired) electrons. The average Bonchev–Trinajstić information content (AvgIpc) is 2.71. The molecule has 3 N–H and O–H groups in total. The van der Waals surface area contributed by atoms with E-state index in [2.05, 4.69) is 15.1 Å². The number of H-pyrrole nitrogens is 1. The molecule has 0 unspecified atom stereocenters. The first-order valence-corrected chi connectivity index (χ1v) is 5.03. The molecule has 17 heavy (non-hydrogen) atoms. The Balaban J connectivity index is 2.29. The number of hydrogen-bond acceptors (Lipinski definition) is 4. The molecule has 3 aromatic heterocycles. The first kappa shape index (κ1) is 9.59. The van der Waals surface area contributed by atoms with Crippen LogP contribution in [0.15, 0.2) is 41.5 Å². The number of nitrogens with zero attached hydrogens (tertiary/aromatic N) is 3. The van der Waals surface area contributed by atoms with E-state index >= 15 is 0 Å². The summed E-state index contributed by atoms with van der Waals surface area (Å²) in [7, 11) is 0. The van der Waals surface area contributed by atoms with E-state index in [-0.39, 0.29) is 5.56 Å². The third-order valence-corrected chi connectivity index (χ3v) is 2.45. The van der Waals surface area contributed by atoms with Crippen LogP contribution in [-0.4, -0.2) is 19.6 Å². The van der Waals surface area contributed by atoms with E-state index in [1.165, 1.54) is 10.6 Å². The number of nitrogens with one attached hydrogen (secondary N) is 1. The van der Waals surface area contributed by atoms with Crippen molar-refractivity contribution in [3.8, 4) is 11.3 Å². The molecule has 0 bridgehead atoms. The first-order chi connectivity index (χ1) is 8.24. The van der Waals surface area contributed by atoms with Gasteiger partial charge >= 0.3 is 0 Å². The minimum atomic E-state index is -0.196. The maximum atomic E-state index is 11.8. The standard InChI is InChI=1S/C11H9N5O/c12-9-6-10-14-8(5-11(17)16(10)15-9)7-1-3-13-4-2-7/h1-6,15H,12H2. The molecule has 0 aromatic carbocycles. The van der Waals surface area contributed by atoms with Crippen LogP contribution < -0.4 is 11.3 Å². The van der Waals surface area contributed by atoms with E-state index in [1.54, 1.807) is 30.6 Å². The Morgan fingerprint density at radius 2 is 2.00 bits per heavy atom. The lowest BCUT2D eigenvalue weighted by molar-refractivity contribution is 0.906. The van der Waals surface area contributed by atoms with Crippen molar-refractivity contribution in [2.24, 2.45) is 0 Å². The number of nitrogens with two attached hydrogens (primary N) is 1. The highest BCUT2D eigenvalue weighted by molar-refractivity contribution is 5.61. The van der Waals surface area contributed by atoms with Crippen molar-refractivity contribution in [2.45, 2.75) is 0 Å². The van der Waals surface area contributed by atoms with E-state index in [1.807, 2.05) is 0 Å². The third kappa shape index (κ3) is 1.55. The monoisotopic (exact) mass is 227 g/mol. The molecule has 0 saturated heterocycles. The number of fused-ring (bicyclic) bond motifs is 1. The number of aromatic amines is 1. The molecule has 0 spiro atoms. The smallest absolute Gasteiger partial charge is 0.273 e. The zero-order valence-corrected chi connectivity index (χ0v) is 8.79. The summed E-state index contributed by atoms with van der Waals surface area (Å²) in [6.45, 7) is 0. The fourth-order valence-corrected chi connectivity index (χ4v) is 1.68. The summed E-state index contributed by atoms with van der Waals surface area (Å²) in [6.07, 6.45) is 3.31. The molecule has 0 aliphatic heterocycles. The van der Waals surface area contributed by atoms with E-state index in [4.69, 9.17) is 5.73 Å². The molecule has 3 aromatic rings. The van der Waals surface area contributed by atoms with Crippen molar-refractivity contribution in [1.82, 2.24) is 19.6 Å². The lowest BCUT2D eigenvalue weighted by Crippen LogP contribution is -2.14. The van der Waals surface area contributed by atoms with Gasteiger partial charge in [-0.25, -0.2) is 4.98 Å². The lowest BCUT2D eigenvalue weighted by Gasteiger charge is -1.99. The molecule has 6 heteroatoms. The van der Waals surface area contributed by atoms with Crippen LogP contribution in [-0.2, 0) is 0 Å². The Kier molecular flexibility index (Phi) is 1.94. The highest BCUT2D eigenvalue weighted by Crippen LogP contribution is 2.15. The zero-order valence-electron chi connectivity index (χ0n) is 8.79. The Labute approximate surface area is 95.7 Å². The molecular weight excluding hydrogens is 218 g/mol. The fraction of sp³-hybridized carbons (Fsp3) is 0. The number of rotatable bonds is 1. The molecule has 3 rings (SSSR count). The van der Waals surface area contributed by atoms with Gasteiger partial charge in [0.05, 0.1) is 5.69 Å². The minimum absolute atomic E-state index is 0.196. The largest absolute Gasteiger partial charge is 0.384 e. The summed E-state index contributed by atoms with van der Waals surface area (Å²) in [5, 5.41) is 2.71. The molecule has 0 amide bonds. The first-order valence-electron chi connectivity index (χ1n) is 5.03. The van der Waals surface area contributed by atoms with Gasteiger partial charge in [0.25, 0.3) is 5.56 Å². The van der Waals surface area contributed by atoms with Crippen molar-refractivity contribution in [1.29, 1.82) is 0 Å². The van der Waals surface area contributed by atoms with Gasteiger partial charge in [-0.2, -0.15) is 4.52 Å². The number of pyridine rings is 1. The number of aromatic nitrogens is 4. The van der Waals surface area contributed by atoms with Crippen LogP contribution in [0, 0.1) is 0 Å². The van der Waals surface area contributed by atoms with Crippen LogP contribution >= 0.6 is 0 Å². The highest BCUT2D eigenvalue weighted by Gasteiger charge is 2.06. The van der Waals surface area contributed by atoms with Crippen LogP contribution in [0.2, 0.25) is 0 Å². The van der Waals surface area contributed by atoms with Crippen molar-refractivity contribution >= 4 is 11.5 Å². The Hall–Kier alpha value is -2.63. The summed E-state index contributed by atoms with van der Waals surface area (Å²) < 4.78 is 1.31. The van der Waals surface area contributed by atoms with E-state index in [0.717, 1.165) is 5.56 Å². The van der Waals surface area contributed by atoms with E-state index in [9.17, 15) is 4.79 Å². The number of hydrogen-bond donors (Lipinski definition) is 2. The summed E-state index contributed by atoms with van der Waals surface area (Å²) in [5.41, 5.74) is 7.34. The van der Waals surface area contributed by atoms with Gasteiger partial charge < -0.3 is 5.73 Å². The molecule has 0 aliphatic carbocycles. The molecule has 84 valence electrons. The number of anilines is 1. The van der Waals surface area contributed by atoms with Crippen LogP contribution in [0.5, 0.6) is 0 Å². The van der Waals surface area contributed by atoms with Gasteiger partial charge in [-0.05, 0) is 12.1 Å². The Morgan fingerprint density at radius 3 is 2.76 bits per heavy atom. The van der Waals surface area contributed by atoms with Gasteiger partial charge in [0.15, 0.2) is 5.65 Å². The zero-order chi connectivity index (χ0) is 11.8. The van der Waals surface area contributed by atoms with Gasteiger partial charge in [0.2, 0.25) is 0 Å². The van der Waals surface area contributed by atoms with Crippen molar-refractivity contribution in [2.75, 3.05) is 5.73 Å².